The molecule has 1 saturated heterocycles. The molecule has 14 heteroatoms. The van der Waals surface area contributed by atoms with Crippen molar-refractivity contribution < 1.29 is 31.9 Å². The smallest absolute Gasteiger partial charge is 0.417 e. The average molecular weight is 603 g/mol. The van der Waals surface area contributed by atoms with Crippen molar-refractivity contribution in [3.05, 3.63) is 77.3 Å². The molecule has 10 nitrogen and oxygen atoms in total. The normalized spacial score (nSPS) is 14.5. The van der Waals surface area contributed by atoms with Crippen LogP contribution in [0.5, 0.6) is 11.5 Å². The molecule has 2 N–H and O–H groups in total. The largest absolute Gasteiger partial charge is 0.457 e. The molecule has 1 aliphatic rings. The van der Waals surface area contributed by atoms with Gasteiger partial charge in [0, 0.05) is 42.3 Å². The fourth-order valence-corrected chi connectivity index (χ4v) is 4.62. The number of anilines is 2. The van der Waals surface area contributed by atoms with Crippen LogP contribution in [0.2, 0.25) is 5.02 Å². The zero-order valence-corrected chi connectivity index (χ0v) is 23.1. The third-order valence-electron chi connectivity index (χ3n) is 6.55. The van der Waals surface area contributed by atoms with Crippen LogP contribution in [0.4, 0.5) is 29.3 Å². The minimum absolute atomic E-state index is 0.00287. The standard InChI is InChI=1S/C28H26ClF3N6O4/c1-38-10-7-19(8-11-38)40-15-17-12-23(29)22(28(30,31)32)14-24(17)36-27(39)35-18-2-4-20(5-3-18)42-21-6-9-33-25(13-21)26-37-34-16-41-26/h2-6,9,12-14,16,19H,7-8,10-11,15H2,1H3,(H2,35,36,39). The van der Waals surface area contributed by atoms with Crippen molar-refractivity contribution in [1.82, 2.24) is 20.1 Å². The van der Waals surface area contributed by atoms with E-state index in [0.717, 1.165) is 32.0 Å². The highest BCUT2D eigenvalue weighted by Crippen LogP contribution is 2.38. The van der Waals surface area contributed by atoms with E-state index in [1.165, 1.54) is 18.7 Å². The molecule has 0 bridgehead atoms. The molecule has 1 aliphatic heterocycles. The van der Waals surface area contributed by atoms with E-state index in [9.17, 15) is 18.0 Å². The van der Waals surface area contributed by atoms with Gasteiger partial charge in [0.1, 0.15) is 17.2 Å². The third-order valence-corrected chi connectivity index (χ3v) is 6.86. The zero-order chi connectivity index (χ0) is 29.7. The maximum atomic E-state index is 13.6. The number of likely N-dealkylation sites (tertiary alicyclic amines) is 1. The second-order valence-electron chi connectivity index (χ2n) is 9.63. The van der Waals surface area contributed by atoms with Crippen molar-refractivity contribution in [3.63, 3.8) is 0 Å². The van der Waals surface area contributed by atoms with Crippen LogP contribution in [-0.2, 0) is 17.5 Å². The average Bonchev–Trinajstić information content (AvgIpc) is 3.50. The van der Waals surface area contributed by atoms with E-state index in [1.54, 1.807) is 36.4 Å². The van der Waals surface area contributed by atoms with E-state index in [4.69, 9.17) is 25.5 Å². The number of piperidine rings is 1. The van der Waals surface area contributed by atoms with Crippen LogP contribution in [0.25, 0.3) is 11.6 Å². The Morgan fingerprint density at radius 3 is 2.55 bits per heavy atom. The summed E-state index contributed by atoms with van der Waals surface area (Å²) in [6.07, 6.45) is -0.414. The van der Waals surface area contributed by atoms with Crippen molar-refractivity contribution in [3.8, 4) is 23.1 Å². The van der Waals surface area contributed by atoms with Gasteiger partial charge in [-0.2, -0.15) is 13.2 Å². The number of nitrogens with one attached hydrogen (secondary N) is 2. The van der Waals surface area contributed by atoms with Gasteiger partial charge in [-0.15, -0.1) is 10.2 Å². The number of nitrogens with zero attached hydrogens (tertiary/aromatic N) is 4. The maximum absolute atomic E-state index is 13.6. The minimum Gasteiger partial charge on any atom is -0.457 e. The number of aromatic nitrogens is 3. The minimum atomic E-state index is -4.70. The fourth-order valence-electron chi connectivity index (χ4n) is 4.33. The molecule has 220 valence electrons. The van der Waals surface area contributed by atoms with Crippen molar-refractivity contribution in [2.24, 2.45) is 0 Å². The highest BCUT2D eigenvalue weighted by molar-refractivity contribution is 6.31. The Hall–Kier alpha value is -4.20. The van der Waals surface area contributed by atoms with Gasteiger partial charge in [-0.3, -0.25) is 4.98 Å². The van der Waals surface area contributed by atoms with Crippen molar-refractivity contribution >= 4 is 29.0 Å². The molecule has 0 spiro atoms. The molecule has 0 unspecified atom stereocenters. The van der Waals surface area contributed by atoms with Gasteiger partial charge in [0.15, 0.2) is 0 Å². The highest BCUT2D eigenvalue weighted by atomic mass is 35.5. The predicted octanol–water partition coefficient (Wildman–Crippen LogP) is 6.85. The number of hydrogen-bond acceptors (Lipinski definition) is 8. The second kappa shape index (κ2) is 12.8. The number of carbonyl (C=O) groups excluding carboxylic acids is 1. The van der Waals surface area contributed by atoms with Crippen LogP contribution >= 0.6 is 11.6 Å². The molecule has 2 aromatic carbocycles. The highest BCUT2D eigenvalue weighted by Gasteiger charge is 2.34. The summed E-state index contributed by atoms with van der Waals surface area (Å²) in [5.74, 6) is 1.17. The van der Waals surface area contributed by atoms with E-state index >= 15 is 0 Å². The van der Waals surface area contributed by atoms with E-state index in [1.807, 2.05) is 7.05 Å². The van der Waals surface area contributed by atoms with Crippen LogP contribution in [0.15, 0.2) is 65.5 Å². The number of ether oxygens (including phenoxy) is 2. The first-order chi connectivity index (χ1) is 20.1. The second-order valence-corrected chi connectivity index (χ2v) is 10.0. The monoisotopic (exact) mass is 602 g/mol. The number of hydrogen-bond donors (Lipinski definition) is 2. The lowest BCUT2D eigenvalue weighted by Crippen LogP contribution is -2.34. The Labute approximate surface area is 243 Å². The SMILES string of the molecule is CN1CCC(OCc2cc(Cl)c(C(F)(F)F)cc2NC(=O)Nc2ccc(Oc3ccnc(-c4nnco4)c3)cc2)CC1. The maximum Gasteiger partial charge on any atom is 0.417 e. The summed E-state index contributed by atoms with van der Waals surface area (Å²) >= 11 is 5.96. The van der Waals surface area contributed by atoms with E-state index in [0.29, 0.717) is 28.4 Å². The van der Waals surface area contributed by atoms with Gasteiger partial charge in [-0.05, 0) is 62.4 Å². The number of pyridine rings is 1. The van der Waals surface area contributed by atoms with Crippen molar-refractivity contribution in [1.29, 1.82) is 0 Å². The number of urea groups is 1. The van der Waals surface area contributed by atoms with Gasteiger partial charge >= 0.3 is 12.2 Å². The molecule has 2 aromatic heterocycles. The summed E-state index contributed by atoms with van der Waals surface area (Å²) in [7, 11) is 2.02. The molecular formula is C28H26ClF3N6O4. The number of rotatable bonds is 8. The molecule has 0 atom stereocenters. The lowest BCUT2D eigenvalue weighted by molar-refractivity contribution is -0.137. The van der Waals surface area contributed by atoms with Crippen molar-refractivity contribution in [2.45, 2.75) is 31.7 Å². The first-order valence-electron chi connectivity index (χ1n) is 12.9. The van der Waals surface area contributed by atoms with Crippen molar-refractivity contribution in [2.75, 3.05) is 30.8 Å². The summed E-state index contributed by atoms with van der Waals surface area (Å²) in [6, 6.07) is 11.0. The number of alkyl halides is 3. The van der Waals surface area contributed by atoms with Crippen LogP contribution in [0.1, 0.15) is 24.0 Å². The van der Waals surface area contributed by atoms with Crippen LogP contribution in [-0.4, -0.2) is 52.4 Å². The van der Waals surface area contributed by atoms with Gasteiger partial charge in [-0.25, -0.2) is 4.79 Å². The first-order valence-corrected chi connectivity index (χ1v) is 13.3. The molecule has 1 fully saturated rings. The van der Waals surface area contributed by atoms with Crippen LogP contribution in [0.3, 0.4) is 0 Å². The molecule has 0 radical (unpaired) electrons. The third kappa shape index (κ3) is 7.55. The van der Waals surface area contributed by atoms with Crippen LogP contribution in [0, 0.1) is 0 Å². The molecule has 5 rings (SSSR count). The van der Waals surface area contributed by atoms with E-state index < -0.39 is 22.8 Å². The van der Waals surface area contributed by atoms with Gasteiger partial charge in [0.25, 0.3) is 5.89 Å². The lowest BCUT2D eigenvalue weighted by atomic mass is 10.1. The summed E-state index contributed by atoms with van der Waals surface area (Å²) in [6.45, 7) is 1.72. The topological polar surface area (TPSA) is 115 Å². The quantitative estimate of drug-likeness (QED) is 0.225. The predicted molar refractivity (Wildman–Crippen MR) is 148 cm³/mol. The Balaban J connectivity index is 1.24. The Morgan fingerprint density at radius 1 is 1.10 bits per heavy atom. The molecular weight excluding hydrogens is 577 g/mol. The zero-order valence-electron chi connectivity index (χ0n) is 22.3. The van der Waals surface area contributed by atoms with Gasteiger partial charge in [0.05, 0.1) is 23.3 Å². The number of benzene rings is 2. The van der Waals surface area contributed by atoms with Crippen LogP contribution < -0.4 is 15.4 Å². The molecule has 4 aromatic rings. The van der Waals surface area contributed by atoms with E-state index in [2.05, 4.69) is 30.7 Å². The van der Waals surface area contributed by atoms with E-state index in [-0.39, 0.29) is 24.3 Å². The Bertz CT molecular complexity index is 1510. The van der Waals surface area contributed by atoms with Gasteiger partial charge in [0.2, 0.25) is 6.39 Å². The molecule has 0 aliphatic carbocycles. The molecule has 42 heavy (non-hydrogen) atoms. The molecule has 2 amide bonds. The number of amides is 2. The fraction of sp³-hybridized carbons (Fsp3) is 0.286. The Morgan fingerprint density at radius 2 is 1.86 bits per heavy atom. The molecule has 0 saturated carbocycles. The first kappa shape index (κ1) is 29.3. The van der Waals surface area contributed by atoms with Gasteiger partial charge in [-0.1, -0.05) is 11.6 Å². The number of carbonyl (C=O) groups is 1. The summed E-state index contributed by atoms with van der Waals surface area (Å²) in [5, 5.41) is 12.1. The summed E-state index contributed by atoms with van der Waals surface area (Å²) in [4.78, 5) is 19.1. The summed E-state index contributed by atoms with van der Waals surface area (Å²) in [5.41, 5.74) is 0.0551. The van der Waals surface area contributed by atoms with Gasteiger partial charge < -0.3 is 29.4 Å². The lowest BCUT2D eigenvalue weighted by Gasteiger charge is -2.29. The number of halogens is 4. The molecule has 3 heterocycles. The summed E-state index contributed by atoms with van der Waals surface area (Å²) < 4.78 is 57.7. The Kier molecular flexibility index (Phi) is 8.90.